The Morgan fingerprint density at radius 3 is 1.78 bits per heavy atom. The molecule has 2 atom stereocenters. The van der Waals surface area contributed by atoms with Gasteiger partial charge in [0.1, 0.15) is 6.10 Å². The highest BCUT2D eigenvalue weighted by Gasteiger charge is 2.64. The van der Waals surface area contributed by atoms with Crippen molar-refractivity contribution in [2.24, 2.45) is 0 Å². The van der Waals surface area contributed by atoms with Gasteiger partial charge in [0.2, 0.25) is 0 Å². The van der Waals surface area contributed by atoms with E-state index in [1.54, 1.807) is 54.6 Å². The maximum absolute atomic E-state index is 14.0. The zero-order valence-corrected chi connectivity index (χ0v) is 17.4. The van der Waals surface area contributed by atoms with Gasteiger partial charge in [-0.25, -0.2) is 4.79 Å². The number of carbonyl (C=O) groups excluding carboxylic acids is 2. The zero-order chi connectivity index (χ0) is 23.4. The van der Waals surface area contributed by atoms with Gasteiger partial charge in [0.15, 0.2) is 5.78 Å². The van der Waals surface area contributed by atoms with Crippen LogP contribution in [0.15, 0.2) is 84.9 Å². The van der Waals surface area contributed by atoms with Crippen LogP contribution in [0.4, 0.5) is 13.2 Å². The van der Waals surface area contributed by atoms with E-state index in [4.69, 9.17) is 9.47 Å². The Morgan fingerprint density at radius 1 is 0.781 bits per heavy atom. The van der Waals surface area contributed by atoms with Gasteiger partial charge in [0.25, 0.3) is 5.60 Å². The van der Waals surface area contributed by atoms with Crippen LogP contribution in [0.5, 0.6) is 0 Å². The molecule has 166 valence electrons. The number of hydrogen-bond acceptors (Lipinski definition) is 4. The molecule has 0 bridgehead atoms. The molecule has 32 heavy (non-hydrogen) atoms. The number of hydrogen-bond donors (Lipinski definition) is 0. The molecule has 0 fully saturated rings. The van der Waals surface area contributed by atoms with E-state index in [1.807, 2.05) is 0 Å². The number of carbonyl (C=O) groups is 2. The number of halogens is 3. The molecule has 0 heterocycles. The smallest absolute Gasteiger partial charge is 0.432 e. The fraction of sp³-hybridized carbons (Fsp3) is 0.200. The summed E-state index contributed by atoms with van der Waals surface area (Å²) in [5.74, 6) is -1.77. The van der Waals surface area contributed by atoms with E-state index < -0.39 is 23.9 Å². The van der Waals surface area contributed by atoms with Gasteiger partial charge in [0, 0.05) is 23.8 Å². The summed E-state index contributed by atoms with van der Waals surface area (Å²) in [6.45, 7) is 1.45. The molecule has 0 aliphatic rings. The molecule has 0 aliphatic carbocycles. The van der Waals surface area contributed by atoms with Crippen molar-refractivity contribution in [3.05, 3.63) is 107 Å². The molecular formula is C25H21F3O4. The summed E-state index contributed by atoms with van der Waals surface area (Å²) in [4.78, 5) is 25.3. The third kappa shape index (κ3) is 4.43. The summed E-state index contributed by atoms with van der Waals surface area (Å²) in [6, 6.07) is 21.5. The predicted octanol–water partition coefficient (Wildman–Crippen LogP) is 5.63. The third-order valence-electron chi connectivity index (χ3n) is 5.14. The molecule has 3 rings (SSSR count). The summed E-state index contributed by atoms with van der Waals surface area (Å²) in [5.41, 5.74) is -2.28. The van der Waals surface area contributed by atoms with Crippen LogP contribution >= 0.6 is 0 Å². The van der Waals surface area contributed by atoms with Crippen LogP contribution in [0.1, 0.15) is 40.1 Å². The average Bonchev–Trinajstić information content (AvgIpc) is 2.80. The SMILES string of the molecule is CO[C@](C(=O)OC(C)c1ccc(C(=O)c2ccccc2)cc1)(c1ccccc1)C(F)(F)F. The monoisotopic (exact) mass is 442 g/mol. The highest BCUT2D eigenvalue weighted by molar-refractivity contribution is 6.08. The van der Waals surface area contributed by atoms with Crippen LogP contribution in [0.2, 0.25) is 0 Å². The van der Waals surface area contributed by atoms with Gasteiger partial charge >= 0.3 is 12.1 Å². The lowest BCUT2D eigenvalue weighted by Gasteiger charge is -2.33. The minimum Gasteiger partial charge on any atom is -0.455 e. The Kier molecular flexibility index (Phi) is 6.79. The van der Waals surface area contributed by atoms with Gasteiger partial charge in [-0.1, -0.05) is 84.9 Å². The maximum atomic E-state index is 14.0. The number of rotatable bonds is 7. The first kappa shape index (κ1) is 23.2. The highest BCUT2D eigenvalue weighted by Crippen LogP contribution is 2.43. The van der Waals surface area contributed by atoms with E-state index in [2.05, 4.69) is 0 Å². The second-order valence-electron chi connectivity index (χ2n) is 7.11. The summed E-state index contributed by atoms with van der Waals surface area (Å²) in [5, 5.41) is 0. The lowest BCUT2D eigenvalue weighted by molar-refractivity contribution is -0.278. The van der Waals surface area contributed by atoms with E-state index >= 15 is 0 Å². The minimum atomic E-state index is -5.05. The predicted molar refractivity (Wildman–Crippen MR) is 112 cm³/mol. The Hall–Kier alpha value is -3.45. The molecule has 0 saturated carbocycles. The van der Waals surface area contributed by atoms with Gasteiger partial charge in [0.05, 0.1) is 0 Å². The largest absolute Gasteiger partial charge is 0.455 e. The second-order valence-corrected chi connectivity index (χ2v) is 7.11. The first-order valence-electron chi connectivity index (χ1n) is 9.79. The quantitative estimate of drug-likeness (QED) is 0.352. The zero-order valence-electron chi connectivity index (χ0n) is 17.4. The van der Waals surface area contributed by atoms with E-state index in [0.717, 1.165) is 19.2 Å². The molecular weight excluding hydrogens is 421 g/mol. The van der Waals surface area contributed by atoms with Gasteiger partial charge in [-0.3, -0.25) is 4.79 Å². The molecule has 0 radical (unpaired) electrons. The van der Waals surface area contributed by atoms with Crippen molar-refractivity contribution in [3.8, 4) is 0 Å². The lowest BCUT2D eigenvalue weighted by Crippen LogP contribution is -2.51. The molecule has 0 amide bonds. The van der Waals surface area contributed by atoms with Crippen molar-refractivity contribution in [1.82, 2.24) is 0 Å². The van der Waals surface area contributed by atoms with Gasteiger partial charge in [-0.2, -0.15) is 13.2 Å². The van der Waals surface area contributed by atoms with Gasteiger partial charge in [-0.05, 0) is 12.5 Å². The highest BCUT2D eigenvalue weighted by atomic mass is 19.4. The van der Waals surface area contributed by atoms with Crippen molar-refractivity contribution in [1.29, 1.82) is 0 Å². The molecule has 7 heteroatoms. The lowest BCUT2D eigenvalue weighted by atomic mass is 9.92. The molecule has 0 aliphatic heterocycles. The molecule has 1 unspecified atom stereocenters. The normalized spacial score (nSPS) is 14.3. The Balaban J connectivity index is 1.83. The van der Waals surface area contributed by atoms with Crippen molar-refractivity contribution < 1.29 is 32.2 Å². The number of ether oxygens (including phenoxy) is 2. The molecule has 4 nitrogen and oxygen atoms in total. The minimum absolute atomic E-state index is 0.193. The topological polar surface area (TPSA) is 52.6 Å². The second kappa shape index (κ2) is 9.36. The number of alkyl halides is 3. The van der Waals surface area contributed by atoms with E-state index in [-0.39, 0.29) is 11.3 Å². The Bertz CT molecular complexity index is 1060. The third-order valence-corrected chi connectivity index (χ3v) is 5.14. The number of methoxy groups -OCH3 is 1. The number of benzene rings is 3. The fourth-order valence-electron chi connectivity index (χ4n) is 3.36. The van der Waals surface area contributed by atoms with E-state index in [1.165, 1.54) is 25.1 Å². The van der Waals surface area contributed by atoms with Crippen LogP contribution in [-0.4, -0.2) is 25.0 Å². The van der Waals surface area contributed by atoms with Crippen LogP contribution < -0.4 is 0 Å². The fourth-order valence-corrected chi connectivity index (χ4v) is 3.36. The first-order valence-corrected chi connectivity index (χ1v) is 9.79. The molecule has 3 aromatic carbocycles. The summed E-state index contributed by atoms with van der Waals surface area (Å²) >= 11 is 0. The average molecular weight is 442 g/mol. The van der Waals surface area contributed by atoms with Crippen LogP contribution in [0.3, 0.4) is 0 Å². The van der Waals surface area contributed by atoms with Crippen LogP contribution in [0, 0.1) is 0 Å². The van der Waals surface area contributed by atoms with Crippen molar-refractivity contribution in [3.63, 3.8) is 0 Å². The van der Waals surface area contributed by atoms with Crippen LogP contribution in [-0.2, 0) is 19.9 Å². The van der Waals surface area contributed by atoms with E-state index in [9.17, 15) is 22.8 Å². The van der Waals surface area contributed by atoms with Crippen molar-refractivity contribution in [2.75, 3.05) is 7.11 Å². The van der Waals surface area contributed by atoms with Gasteiger partial charge < -0.3 is 9.47 Å². The van der Waals surface area contributed by atoms with Crippen molar-refractivity contribution >= 4 is 11.8 Å². The summed E-state index contributed by atoms with van der Waals surface area (Å²) in [7, 11) is 0.816. The summed E-state index contributed by atoms with van der Waals surface area (Å²) in [6.07, 6.45) is -6.06. The molecule has 3 aromatic rings. The summed E-state index contributed by atoms with van der Waals surface area (Å²) < 4.78 is 51.9. The standard InChI is InChI=1S/C25H21F3O4/c1-17(18-13-15-20(16-14-18)22(29)19-9-5-3-6-10-19)32-23(30)24(31-2,25(26,27)28)21-11-7-4-8-12-21/h3-17H,1-2H3/t17?,24-/m0/s1. The molecule has 0 saturated heterocycles. The van der Waals surface area contributed by atoms with Crippen LogP contribution in [0.25, 0.3) is 0 Å². The Labute approximate surface area is 183 Å². The Morgan fingerprint density at radius 2 is 1.28 bits per heavy atom. The van der Waals surface area contributed by atoms with E-state index in [0.29, 0.717) is 16.7 Å². The number of esters is 1. The number of ketones is 1. The maximum Gasteiger partial charge on any atom is 0.432 e. The van der Waals surface area contributed by atoms with Gasteiger partial charge in [-0.15, -0.1) is 0 Å². The van der Waals surface area contributed by atoms with Crippen molar-refractivity contribution in [2.45, 2.75) is 24.8 Å². The molecule has 0 spiro atoms. The molecule has 0 aromatic heterocycles. The first-order chi connectivity index (χ1) is 15.2. The molecule has 0 N–H and O–H groups in total.